The van der Waals surface area contributed by atoms with Crippen LogP contribution in [0.2, 0.25) is 0 Å². The van der Waals surface area contributed by atoms with Crippen LogP contribution in [0.5, 0.6) is 5.75 Å². The van der Waals surface area contributed by atoms with E-state index in [1.54, 1.807) is 7.11 Å². The summed E-state index contributed by atoms with van der Waals surface area (Å²) < 4.78 is 6.23. The lowest BCUT2D eigenvalue weighted by atomic mass is 10.3. The Morgan fingerprint density at radius 1 is 1.08 bits per heavy atom. The fourth-order valence-corrected chi connectivity index (χ4v) is 3.25. The van der Waals surface area contributed by atoms with E-state index in [4.69, 9.17) is 4.74 Å². The van der Waals surface area contributed by atoms with Gasteiger partial charge in [-0.25, -0.2) is 9.97 Å². The summed E-state index contributed by atoms with van der Waals surface area (Å²) in [5.41, 5.74) is 2.40. The SMILES string of the molecule is COc1cccc2sc(NC(=O)c3cnc4ccccc4n3)nc12. The number of carbonyl (C=O) groups is 1. The van der Waals surface area contributed by atoms with E-state index in [0.717, 1.165) is 15.7 Å². The molecular formula is C17H12N4O2S. The molecule has 2 heterocycles. The number of methoxy groups -OCH3 is 1. The highest BCUT2D eigenvalue weighted by Crippen LogP contribution is 2.32. The lowest BCUT2D eigenvalue weighted by Crippen LogP contribution is -2.13. The predicted octanol–water partition coefficient (Wildman–Crippen LogP) is 3.50. The number of nitrogens with one attached hydrogen (secondary N) is 1. The Kier molecular flexibility index (Phi) is 3.55. The number of aromatic nitrogens is 3. The minimum Gasteiger partial charge on any atom is -0.494 e. The van der Waals surface area contributed by atoms with Crippen LogP contribution in [0.15, 0.2) is 48.7 Å². The highest BCUT2D eigenvalue weighted by atomic mass is 32.1. The smallest absolute Gasteiger partial charge is 0.277 e. The number of carbonyl (C=O) groups excluding carboxylic acids is 1. The van der Waals surface area contributed by atoms with E-state index in [0.29, 0.717) is 16.4 Å². The first-order valence-electron chi connectivity index (χ1n) is 7.21. The zero-order valence-electron chi connectivity index (χ0n) is 12.7. The maximum Gasteiger partial charge on any atom is 0.277 e. The molecule has 0 radical (unpaired) electrons. The van der Waals surface area contributed by atoms with Crippen LogP contribution >= 0.6 is 11.3 Å². The van der Waals surface area contributed by atoms with E-state index in [1.807, 2.05) is 42.5 Å². The third kappa shape index (κ3) is 2.55. The number of hydrogen-bond acceptors (Lipinski definition) is 6. The monoisotopic (exact) mass is 336 g/mol. The predicted molar refractivity (Wildman–Crippen MR) is 93.7 cm³/mol. The van der Waals surface area contributed by atoms with Crippen molar-refractivity contribution in [3.63, 3.8) is 0 Å². The average Bonchev–Trinajstić information content (AvgIpc) is 3.03. The topological polar surface area (TPSA) is 77.0 Å². The van der Waals surface area contributed by atoms with Crippen molar-refractivity contribution in [1.29, 1.82) is 0 Å². The molecule has 0 saturated carbocycles. The minimum atomic E-state index is -0.341. The fourth-order valence-electron chi connectivity index (χ4n) is 2.37. The van der Waals surface area contributed by atoms with Crippen molar-refractivity contribution in [2.75, 3.05) is 12.4 Å². The van der Waals surface area contributed by atoms with Crippen LogP contribution in [0.1, 0.15) is 10.5 Å². The molecule has 24 heavy (non-hydrogen) atoms. The van der Waals surface area contributed by atoms with Crippen molar-refractivity contribution in [3.05, 3.63) is 54.4 Å². The van der Waals surface area contributed by atoms with E-state index in [9.17, 15) is 4.79 Å². The largest absolute Gasteiger partial charge is 0.494 e. The van der Waals surface area contributed by atoms with Crippen molar-refractivity contribution in [3.8, 4) is 5.75 Å². The van der Waals surface area contributed by atoms with Gasteiger partial charge in [-0.2, -0.15) is 0 Å². The summed E-state index contributed by atoms with van der Waals surface area (Å²) in [5, 5.41) is 3.27. The summed E-state index contributed by atoms with van der Waals surface area (Å²) in [4.78, 5) is 25.4. The zero-order chi connectivity index (χ0) is 16.5. The molecule has 1 amide bonds. The summed E-state index contributed by atoms with van der Waals surface area (Å²) in [6.07, 6.45) is 1.46. The molecule has 6 nitrogen and oxygen atoms in total. The van der Waals surface area contributed by atoms with Crippen LogP contribution in [0, 0.1) is 0 Å². The van der Waals surface area contributed by atoms with Crippen molar-refractivity contribution in [2.45, 2.75) is 0 Å². The second-order valence-corrected chi connectivity index (χ2v) is 6.05. The number of nitrogens with zero attached hydrogens (tertiary/aromatic N) is 3. The third-order valence-electron chi connectivity index (χ3n) is 3.50. The highest BCUT2D eigenvalue weighted by molar-refractivity contribution is 7.22. The molecule has 0 aliphatic rings. The Hall–Kier alpha value is -3.06. The number of ether oxygens (including phenoxy) is 1. The normalized spacial score (nSPS) is 10.9. The zero-order valence-corrected chi connectivity index (χ0v) is 13.5. The van der Waals surface area contributed by atoms with E-state index in [2.05, 4.69) is 20.3 Å². The van der Waals surface area contributed by atoms with Crippen molar-refractivity contribution in [2.24, 2.45) is 0 Å². The van der Waals surface area contributed by atoms with Gasteiger partial charge in [-0.1, -0.05) is 29.5 Å². The van der Waals surface area contributed by atoms with Gasteiger partial charge < -0.3 is 4.74 Å². The lowest BCUT2D eigenvalue weighted by Gasteiger charge is -2.02. The number of anilines is 1. The first-order chi connectivity index (χ1) is 11.7. The molecular weight excluding hydrogens is 324 g/mol. The Morgan fingerprint density at radius 2 is 1.92 bits per heavy atom. The van der Waals surface area contributed by atoms with Crippen molar-refractivity contribution < 1.29 is 9.53 Å². The van der Waals surface area contributed by atoms with E-state index < -0.39 is 0 Å². The molecule has 2 aromatic carbocycles. The second kappa shape index (κ2) is 5.86. The Morgan fingerprint density at radius 3 is 2.75 bits per heavy atom. The van der Waals surface area contributed by atoms with Crippen molar-refractivity contribution in [1.82, 2.24) is 15.0 Å². The number of thiazole rings is 1. The molecule has 0 bridgehead atoms. The summed E-state index contributed by atoms with van der Waals surface area (Å²) in [5.74, 6) is 0.334. The van der Waals surface area contributed by atoms with Crippen LogP contribution in [0.4, 0.5) is 5.13 Å². The summed E-state index contributed by atoms with van der Waals surface area (Å²) in [6, 6.07) is 13.1. The molecule has 7 heteroatoms. The van der Waals surface area contributed by atoms with Crippen LogP contribution in [-0.2, 0) is 0 Å². The molecule has 2 aromatic heterocycles. The number of rotatable bonds is 3. The highest BCUT2D eigenvalue weighted by Gasteiger charge is 2.14. The van der Waals surface area contributed by atoms with Gasteiger partial charge in [0.05, 0.1) is 29.0 Å². The number of hydrogen-bond donors (Lipinski definition) is 1. The standard InChI is InChI=1S/C17H12N4O2S/c1-23-13-7-4-8-14-15(13)20-17(24-14)21-16(22)12-9-18-10-5-2-3-6-11(10)19-12/h2-9H,1H3,(H,20,21,22). The van der Waals surface area contributed by atoms with E-state index in [1.165, 1.54) is 17.5 Å². The second-order valence-electron chi connectivity index (χ2n) is 5.02. The van der Waals surface area contributed by atoms with Gasteiger partial charge in [0.15, 0.2) is 5.13 Å². The van der Waals surface area contributed by atoms with Crippen LogP contribution in [0.3, 0.4) is 0 Å². The van der Waals surface area contributed by atoms with Crippen molar-refractivity contribution >= 4 is 43.6 Å². The molecule has 0 unspecified atom stereocenters. The average molecular weight is 336 g/mol. The number of para-hydroxylation sites is 3. The lowest BCUT2D eigenvalue weighted by molar-refractivity contribution is 0.102. The molecule has 118 valence electrons. The Balaban J connectivity index is 1.65. The van der Waals surface area contributed by atoms with Gasteiger partial charge in [0.1, 0.15) is 17.0 Å². The molecule has 0 aliphatic carbocycles. The molecule has 0 spiro atoms. The first kappa shape index (κ1) is 14.5. The van der Waals surface area contributed by atoms with Gasteiger partial charge in [0.2, 0.25) is 0 Å². The van der Waals surface area contributed by atoms with Crippen LogP contribution in [0.25, 0.3) is 21.3 Å². The molecule has 0 aliphatic heterocycles. The fraction of sp³-hybridized carbons (Fsp3) is 0.0588. The van der Waals surface area contributed by atoms with Crippen LogP contribution in [-0.4, -0.2) is 28.0 Å². The number of fused-ring (bicyclic) bond motifs is 2. The van der Waals surface area contributed by atoms with Gasteiger partial charge in [0.25, 0.3) is 5.91 Å². The van der Waals surface area contributed by atoms with Crippen LogP contribution < -0.4 is 10.1 Å². The summed E-state index contributed by atoms with van der Waals surface area (Å²) >= 11 is 1.38. The third-order valence-corrected chi connectivity index (χ3v) is 4.44. The van der Waals surface area contributed by atoms with Gasteiger partial charge >= 0.3 is 0 Å². The molecule has 4 rings (SSSR count). The van der Waals surface area contributed by atoms with Gasteiger partial charge in [-0.05, 0) is 24.3 Å². The van der Waals surface area contributed by atoms with Gasteiger partial charge in [-0.3, -0.25) is 15.1 Å². The molecule has 0 fully saturated rings. The molecule has 4 aromatic rings. The Labute approximate surface area is 141 Å². The molecule has 1 N–H and O–H groups in total. The number of benzene rings is 2. The summed E-state index contributed by atoms with van der Waals surface area (Å²) in [6.45, 7) is 0. The molecule has 0 atom stereocenters. The maximum atomic E-state index is 12.4. The Bertz CT molecular complexity index is 1060. The maximum absolute atomic E-state index is 12.4. The van der Waals surface area contributed by atoms with Gasteiger partial charge in [-0.15, -0.1) is 0 Å². The number of amides is 1. The van der Waals surface area contributed by atoms with Gasteiger partial charge in [0, 0.05) is 0 Å². The first-order valence-corrected chi connectivity index (χ1v) is 8.03. The van der Waals surface area contributed by atoms with E-state index in [-0.39, 0.29) is 11.6 Å². The minimum absolute atomic E-state index is 0.250. The molecule has 0 saturated heterocycles. The van der Waals surface area contributed by atoms with E-state index >= 15 is 0 Å². The quantitative estimate of drug-likeness (QED) is 0.619. The summed E-state index contributed by atoms with van der Waals surface area (Å²) in [7, 11) is 1.59.